The van der Waals surface area contributed by atoms with Crippen LogP contribution >= 0.6 is 0 Å². The minimum absolute atomic E-state index is 0.0118. The molecule has 2 N–H and O–H groups in total. The first-order valence-corrected chi connectivity index (χ1v) is 11.2. The van der Waals surface area contributed by atoms with Gasteiger partial charge in [0.25, 0.3) is 0 Å². The minimum atomic E-state index is -1.30. The predicted molar refractivity (Wildman–Crippen MR) is 123 cm³/mol. The Kier molecular flexibility index (Phi) is 5.64. The molecule has 2 heterocycles. The van der Waals surface area contributed by atoms with Gasteiger partial charge in [-0.05, 0) is 30.5 Å². The number of carboxylic acid groups (broad SMARTS) is 1. The van der Waals surface area contributed by atoms with Gasteiger partial charge in [-0.15, -0.1) is 0 Å². The summed E-state index contributed by atoms with van der Waals surface area (Å²) in [5.41, 5.74) is 1.08. The Morgan fingerprint density at radius 2 is 1.88 bits per heavy atom. The second kappa shape index (κ2) is 8.61. The lowest BCUT2D eigenvalue weighted by atomic mass is 10.0. The number of carbonyl (C=O) groups is 1. The number of aliphatic hydroxyl groups excluding tert-OH is 1. The van der Waals surface area contributed by atoms with Crippen LogP contribution in [0.3, 0.4) is 0 Å². The number of piperazine rings is 1. The highest BCUT2D eigenvalue weighted by Gasteiger charge is 2.31. The Hall–Kier alpha value is -3.23. The number of rotatable bonds is 6. The fraction of sp³-hybridized carbons (Fsp3) is 0.360. The molecule has 33 heavy (non-hydrogen) atoms. The van der Waals surface area contributed by atoms with Crippen molar-refractivity contribution in [3.05, 3.63) is 75.8 Å². The highest BCUT2D eigenvalue weighted by molar-refractivity contribution is 5.93. The van der Waals surface area contributed by atoms with Crippen LogP contribution in [0.2, 0.25) is 0 Å². The number of carboxylic acids is 1. The number of pyridine rings is 1. The van der Waals surface area contributed by atoms with E-state index < -0.39 is 17.2 Å². The molecule has 1 atom stereocenters. The van der Waals surface area contributed by atoms with E-state index >= 15 is 4.39 Å². The van der Waals surface area contributed by atoms with Crippen LogP contribution in [0.25, 0.3) is 10.9 Å². The first kappa shape index (κ1) is 21.6. The third kappa shape index (κ3) is 4.00. The number of β-amino-alcohol motifs (C(OH)–C–C–N with tert-alkyl or cyclic N) is 1. The first-order chi connectivity index (χ1) is 16.0. The highest BCUT2D eigenvalue weighted by atomic mass is 19.1. The van der Waals surface area contributed by atoms with Crippen LogP contribution in [0.1, 0.15) is 40.8 Å². The zero-order valence-corrected chi connectivity index (χ0v) is 18.2. The molecule has 1 saturated carbocycles. The van der Waals surface area contributed by atoms with Gasteiger partial charge in [0, 0.05) is 43.8 Å². The van der Waals surface area contributed by atoms with Gasteiger partial charge in [-0.25, -0.2) is 9.18 Å². The van der Waals surface area contributed by atoms with E-state index in [1.165, 1.54) is 12.3 Å². The molecule has 172 valence electrons. The van der Waals surface area contributed by atoms with Crippen LogP contribution in [0, 0.1) is 5.82 Å². The number of benzene rings is 2. The van der Waals surface area contributed by atoms with Crippen LogP contribution in [0.15, 0.2) is 53.5 Å². The Morgan fingerprint density at radius 1 is 1.12 bits per heavy atom. The molecule has 2 aromatic carbocycles. The van der Waals surface area contributed by atoms with E-state index in [4.69, 9.17) is 0 Å². The van der Waals surface area contributed by atoms with Gasteiger partial charge in [0.2, 0.25) is 5.43 Å². The number of hydrogen-bond acceptors (Lipinski definition) is 5. The number of nitrogens with zero attached hydrogens (tertiary/aromatic N) is 3. The Balaban J connectivity index is 1.58. The third-order valence-electron chi connectivity index (χ3n) is 6.67. The Morgan fingerprint density at radius 3 is 2.55 bits per heavy atom. The van der Waals surface area contributed by atoms with Crippen molar-refractivity contribution in [1.29, 1.82) is 0 Å². The molecule has 1 unspecified atom stereocenters. The highest BCUT2D eigenvalue weighted by Crippen LogP contribution is 2.38. The molecule has 2 aliphatic rings. The Labute approximate surface area is 190 Å². The number of aromatic nitrogens is 1. The van der Waals surface area contributed by atoms with Gasteiger partial charge in [-0.2, -0.15) is 0 Å². The molecular weight excluding hydrogens is 425 g/mol. The number of aromatic carboxylic acids is 1. The molecule has 5 rings (SSSR count). The fourth-order valence-corrected chi connectivity index (χ4v) is 4.83. The van der Waals surface area contributed by atoms with Gasteiger partial charge in [0.05, 0.1) is 23.9 Å². The first-order valence-electron chi connectivity index (χ1n) is 11.2. The second-order valence-corrected chi connectivity index (χ2v) is 8.77. The molecule has 1 saturated heterocycles. The monoisotopic (exact) mass is 451 g/mol. The predicted octanol–water partition coefficient (Wildman–Crippen LogP) is 3.03. The molecular formula is C25H26FN3O4. The van der Waals surface area contributed by atoms with E-state index in [0.717, 1.165) is 18.4 Å². The zero-order valence-electron chi connectivity index (χ0n) is 18.2. The fourth-order valence-electron chi connectivity index (χ4n) is 4.83. The van der Waals surface area contributed by atoms with Gasteiger partial charge in [0.15, 0.2) is 0 Å². The maximum Gasteiger partial charge on any atom is 0.341 e. The maximum atomic E-state index is 15.3. The molecule has 7 nitrogen and oxygen atoms in total. The summed E-state index contributed by atoms with van der Waals surface area (Å²) >= 11 is 0. The number of halogens is 1. The van der Waals surface area contributed by atoms with Crippen LogP contribution < -0.4 is 10.3 Å². The lowest BCUT2D eigenvalue weighted by molar-refractivity contribution is 0.0695. The molecule has 1 aromatic heterocycles. The standard InChI is InChI=1S/C25H26FN3O4/c26-20-12-18-21(29(17-6-7-17)14-19(24(18)31)25(32)33)13-22(20)28-9-8-27(10-11-30)23(15-28)16-4-2-1-3-5-16/h1-5,12-14,17,23,30H,6-11,15H2,(H,32,33). The van der Waals surface area contributed by atoms with E-state index in [-0.39, 0.29) is 29.6 Å². The summed E-state index contributed by atoms with van der Waals surface area (Å²) in [6.45, 7) is 2.35. The summed E-state index contributed by atoms with van der Waals surface area (Å²) in [4.78, 5) is 28.5. The molecule has 2 fully saturated rings. The SMILES string of the molecule is O=C(O)c1cn(C2CC2)c2cc(N3CCN(CCO)C(c4ccccc4)C3)c(F)cc2c1=O. The number of hydrogen-bond donors (Lipinski definition) is 2. The van der Waals surface area contributed by atoms with E-state index in [9.17, 15) is 19.8 Å². The smallest absolute Gasteiger partial charge is 0.341 e. The topological polar surface area (TPSA) is 86.0 Å². The van der Waals surface area contributed by atoms with Crippen LogP contribution in [-0.2, 0) is 0 Å². The van der Waals surface area contributed by atoms with Gasteiger partial charge >= 0.3 is 5.97 Å². The summed E-state index contributed by atoms with van der Waals surface area (Å²) in [7, 11) is 0. The second-order valence-electron chi connectivity index (χ2n) is 8.77. The van der Waals surface area contributed by atoms with Crippen molar-refractivity contribution in [2.75, 3.05) is 37.7 Å². The van der Waals surface area contributed by atoms with Crippen molar-refractivity contribution in [1.82, 2.24) is 9.47 Å². The molecule has 0 spiro atoms. The summed E-state index contributed by atoms with van der Waals surface area (Å²) in [5, 5.41) is 19.1. The molecule has 3 aromatic rings. The number of aliphatic hydroxyl groups is 1. The van der Waals surface area contributed by atoms with E-state index in [2.05, 4.69) is 4.90 Å². The van der Waals surface area contributed by atoms with E-state index in [1.54, 1.807) is 6.07 Å². The average Bonchev–Trinajstić information content (AvgIpc) is 3.66. The van der Waals surface area contributed by atoms with E-state index in [0.29, 0.717) is 37.4 Å². The largest absolute Gasteiger partial charge is 0.477 e. The molecule has 8 heteroatoms. The molecule has 0 amide bonds. The lowest BCUT2D eigenvalue weighted by Gasteiger charge is -2.42. The normalized spacial score (nSPS) is 19.2. The van der Waals surface area contributed by atoms with E-state index in [1.807, 2.05) is 39.8 Å². The minimum Gasteiger partial charge on any atom is -0.477 e. The third-order valence-corrected chi connectivity index (χ3v) is 6.67. The zero-order chi connectivity index (χ0) is 23.1. The summed E-state index contributed by atoms with van der Waals surface area (Å²) in [5.74, 6) is -1.83. The van der Waals surface area contributed by atoms with Gasteiger partial charge < -0.3 is 19.7 Å². The van der Waals surface area contributed by atoms with Crippen LogP contribution in [-0.4, -0.2) is 58.4 Å². The quantitative estimate of drug-likeness (QED) is 0.599. The summed E-state index contributed by atoms with van der Waals surface area (Å²) < 4.78 is 17.2. The van der Waals surface area contributed by atoms with Gasteiger partial charge in [-0.1, -0.05) is 30.3 Å². The van der Waals surface area contributed by atoms with Crippen molar-refractivity contribution in [3.63, 3.8) is 0 Å². The number of fused-ring (bicyclic) bond motifs is 1. The summed E-state index contributed by atoms with van der Waals surface area (Å²) in [6, 6.07) is 13.0. The van der Waals surface area contributed by atoms with Gasteiger partial charge in [0.1, 0.15) is 11.4 Å². The van der Waals surface area contributed by atoms with Crippen molar-refractivity contribution in [2.24, 2.45) is 0 Å². The van der Waals surface area contributed by atoms with Crippen molar-refractivity contribution < 1.29 is 19.4 Å². The molecule has 1 aliphatic heterocycles. The average molecular weight is 451 g/mol. The maximum absolute atomic E-state index is 15.3. The molecule has 0 bridgehead atoms. The van der Waals surface area contributed by atoms with Crippen LogP contribution in [0.4, 0.5) is 10.1 Å². The van der Waals surface area contributed by atoms with Crippen LogP contribution in [0.5, 0.6) is 0 Å². The molecule has 1 aliphatic carbocycles. The number of anilines is 1. The lowest BCUT2D eigenvalue weighted by Crippen LogP contribution is -2.49. The van der Waals surface area contributed by atoms with Crippen molar-refractivity contribution in [3.8, 4) is 0 Å². The summed E-state index contributed by atoms with van der Waals surface area (Å²) in [6.07, 6.45) is 3.21. The Bertz CT molecular complexity index is 1260. The van der Waals surface area contributed by atoms with Gasteiger partial charge in [-0.3, -0.25) is 9.69 Å². The molecule has 0 radical (unpaired) electrons. The van der Waals surface area contributed by atoms with Crippen molar-refractivity contribution >= 4 is 22.6 Å². The van der Waals surface area contributed by atoms with Crippen molar-refractivity contribution in [2.45, 2.75) is 24.9 Å².